The molecule has 2 aromatic heterocycles. The third-order valence-electron chi connectivity index (χ3n) is 4.62. The molecule has 124 valence electrons. The Kier molecular flexibility index (Phi) is 4.31. The van der Waals surface area contributed by atoms with E-state index in [-0.39, 0.29) is 5.41 Å². The van der Waals surface area contributed by atoms with Crippen LogP contribution in [0.1, 0.15) is 37.6 Å². The van der Waals surface area contributed by atoms with Crippen LogP contribution >= 0.6 is 11.3 Å². The second-order valence-corrected chi connectivity index (χ2v) is 8.20. The quantitative estimate of drug-likeness (QED) is 0.611. The van der Waals surface area contributed by atoms with Gasteiger partial charge in [0.2, 0.25) is 16.9 Å². The molecule has 3 rings (SSSR count). The highest BCUT2D eigenvalue weighted by Gasteiger charge is 2.26. The topological polar surface area (TPSA) is 7.76 Å². The van der Waals surface area contributed by atoms with E-state index in [4.69, 9.17) is 0 Å². The summed E-state index contributed by atoms with van der Waals surface area (Å²) < 4.78 is 4.51. The Balaban J connectivity index is 2.34. The summed E-state index contributed by atoms with van der Waals surface area (Å²) in [5.74, 6) is 0. The highest BCUT2D eigenvalue weighted by molar-refractivity contribution is 7.07. The maximum absolute atomic E-state index is 2.36. The molecule has 0 aliphatic rings. The number of aromatic nitrogens is 2. The molecular weight excluding hydrogens is 312 g/mol. The molecule has 3 heteroatoms. The van der Waals surface area contributed by atoms with Gasteiger partial charge in [-0.25, -0.2) is 0 Å². The highest BCUT2D eigenvalue weighted by Crippen LogP contribution is 2.32. The van der Waals surface area contributed by atoms with Gasteiger partial charge in [0.25, 0.3) is 0 Å². The van der Waals surface area contributed by atoms with E-state index in [2.05, 4.69) is 98.2 Å². The van der Waals surface area contributed by atoms with Crippen LogP contribution in [-0.4, -0.2) is 0 Å². The summed E-state index contributed by atoms with van der Waals surface area (Å²) in [5.41, 5.74) is 10.0. The lowest BCUT2D eigenvalue weighted by Gasteiger charge is -2.21. The van der Waals surface area contributed by atoms with Crippen molar-refractivity contribution in [2.24, 2.45) is 7.05 Å². The summed E-state index contributed by atoms with van der Waals surface area (Å²) in [6.45, 7) is 11.2. The van der Waals surface area contributed by atoms with Crippen LogP contribution in [0.25, 0.3) is 16.9 Å². The molecule has 0 fully saturated rings. The molecule has 0 radical (unpaired) electrons. The highest BCUT2D eigenvalue weighted by atomic mass is 32.1. The normalized spacial score (nSPS) is 11.8. The summed E-state index contributed by atoms with van der Waals surface area (Å²) in [5, 5.41) is 2.24. The van der Waals surface area contributed by atoms with Gasteiger partial charge in [0.05, 0.1) is 10.9 Å². The van der Waals surface area contributed by atoms with Gasteiger partial charge >= 0.3 is 0 Å². The molecule has 0 saturated heterocycles. The number of aryl methyl sites for hydroxylation is 2. The van der Waals surface area contributed by atoms with Crippen molar-refractivity contribution in [3.63, 3.8) is 0 Å². The molecule has 2 nitrogen and oxygen atoms in total. The Labute approximate surface area is 149 Å². The molecule has 0 aliphatic heterocycles. The fourth-order valence-electron chi connectivity index (χ4n) is 3.03. The fraction of sp³-hybridized carbons (Fsp3) is 0.333. The SMILES string of the molecule is Cc1c(-c2csc[n+]2C)cc(C(C)(C)C)cc1-[n+]1ccccc1C. The Bertz CT molecular complexity index is 885. The lowest BCUT2D eigenvalue weighted by molar-refractivity contribution is -0.655. The van der Waals surface area contributed by atoms with Crippen LogP contribution in [0.3, 0.4) is 0 Å². The number of benzene rings is 1. The van der Waals surface area contributed by atoms with Crippen molar-refractivity contribution in [1.29, 1.82) is 0 Å². The Morgan fingerprint density at radius 3 is 2.38 bits per heavy atom. The van der Waals surface area contributed by atoms with Crippen molar-refractivity contribution in [2.75, 3.05) is 0 Å². The van der Waals surface area contributed by atoms with Crippen LogP contribution in [0, 0.1) is 13.8 Å². The van der Waals surface area contributed by atoms with Crippen LogP contribution < -0.4 is 9.13 Å². The third kappa shape index (κ3) is 3.01. The molecule has 0 atom stereocenters. The van der Waals surface area contributed by atoms with E-state index in [1.54, 1.807) is 11.3 Å². The zero-order chi connectivity index (χ0) is 17.5. The molecule has 24 heavy (non-hydrogen) atoms. The van der Waals surface area contributed by atoms with Gasteiger partial charge in [-0.15, -0.1) is 0 Å². The average Bonchev–Trinajstić information content (AvgIpc) is 2.93. The van der Waals surface area contributed by atoms with Gasteiger partial charge in [0.1, 0.15) is 7.05 Å². The summed E-state index contributed by atoms with van der Waals surface area (Å²) in [6.07, 6.45) is 2.15. The van der Waals surface area contributed by atoms with Gasteiger partial charge in [0, 0.05) is 30.7 Å². The number of pyridine rings is 1. The summed E-state index contributed by atoms with van der Waals surface area (Å²) in [6, 6.07) is 11.1. The fourth-order valence-corrected chi connectivity index (χ4v) is 3.81. The van der Waals surface area contributed by atoms with Gasteiger partial charge in [-0.05, 0) is 24.0 Å². The van der Waals surface area contributed by atoms with E-state index in [1.165, 1.54) is 33.8 Å². The number of rotatable bonds is 2. The molecule has 0 N–H and O–H groups in total. The van der Waals surface area contributed by atoms with E-state index in [9.17, 15) is 0 Å². The minimum Gasteiger partial charge on any atom is -0.191 e. The number of thiazole rings is 1. The molecule has 0 aliphatic carbocycles. The number of hydrogen-bond donors (Lipinski definition) is 0. The average molecular weight is 339 g/mol. The van der Waals surface area contributed by atoms with Gasteiger partial charge < -0.3 is 0 Å². The zero-order valence-corrected chi connectivity index (χ0v) is 16.2. The summed E-state index contributed by atoms with van der Waals surface area (Å²) in [7, 11) is 2.12. The Morgan fingerprint density at radius 2 is 1.79 bits per heavy atom. The van der Waals surface area contributed by atoms with Crippen molar-refractivity contribution >= 4 is 11.3 Å². The lowest BCUT2D eigenvalue weighted by Crippen LogP contribution is -2.35. The van der Waals surface area contributed by atoms with Crippen LogP contribution in [0.5, 0.6) is 0 Å². The maximum Gasteiger partial charge on any atom is 0.224 e. The van der Waals surface area contributed by atoms with Gasteiger partial charge in [0.15, 0.2) is 11.9 Å². The number of nitrogens with zero attached hydrogens (tertiary/aromatic N) is 2. The third-order valence-corrected chi connectivity index (χ3v) is 5.42. The van der Waals surface area contributed by atoms with E-state index in [1.807, 2.05) is 0 Å². The summed E-state index contributed by atoms with van der Waals surface area (Å²) in [4.78, 5) is 0. The monoisotopic (exact) mass is 338 g/mol. The maximum atomic E-state index is 2.36. The molecule has 0 amide bonds. The predicted molar refractivity (Wildman–Crippen MR) is 101 cm³/mol. The molecular formula is C21H26N2S+2. The minimum absolute atomic E-state index is 0.106. The van der Waals surface area contributed by atoms with E-state index >= 15 is 0 Å². The largest absolute Gasteiger partial charge is 0.224 e. The Hall–Kier alpha value is -2.00. The second-order valence-electron chi connectivity index (χ2n) is 7.49. The van der Waals surface area contributed by atoms with Crippen molar-refractivity contribution < 1.29 is 9.13 Å². The zero-order valence-electron chi connectivity index (χ0n) is 15.4. The smallest absolute Gasteiger partial charge is 0.191 e. The standard InChI is InChI=1S/C21H26N2S/c1-15-9-7-8-10-23(15)19-12-17(21(3,4)5)11-18(16(19)2)20-13-24-14-22(20)6/h7-14H,1-6H3/q+2. The van der Waals surface area contributed by atoms with Crippen molar-refractivity contribution in [2.45, 2.75) is 40.0 Å². The summed E-state index contributed by atoms with van der Waals surface area (Å²) >= 11 is 1.74. The van der Waals surface area contributed by atoms with Crippen molar-refractivity contribution in [3.8, 4) is 16.9 Å². The van der Waals surface area contributed by atoms with Crippen LogP contribution in [0.2, 0.25) is 0 Å². The van der Waals surface area contributed by atoms with Gasteiger partial charge in [-0.2, -0.15) is 9.13 Å². The van der Waals surface area contributed by atoms with E-state index in [0.29, 0.717) is 0 Å². The first kappa shape index (κ1) is 16.8. The molecule has 3 aromatic rings. The molecule has 1 aromatic carbocycles. The van der Waals surface area contributed by atoms with Crippen LogP contribution in [-0.2, 0) is 12.5 Å². The van der Waals surface area contributed by atoms with Crippen molar-refractivity contribution in [3.05, 3.63) is 64.2 Å². The molecule has 0 spiro atoms. The predicted octanol–water partition coefficient (Wildman–Crippen LogP) is 4.43. The molecule has 0 bridgehead atoms. The molecule has 0 saturated carbocycles. The van der Waals surface area contributed by atoms with Crippen molar-refractivity contribution in [1.82, 2.24) is 0 Å². The lowest BCUT2D eigenvalue weighted by atomic mass is 9.84. The first-order valence-corrected chi connectivity index (χ1v) is 9.28. The molecule has 0 unspecified atom stereocenters. The van der Waals surface area contributed by atoms with Crippen LogP contribution in [0.15, 0.2) is 47.4 Å². The number of hydrogen-bond acceptors (Lipinski definition) is 1. The molecule has 2 heterocycles. The first-order valence-electron chi connectivity index (χ1n) is 8.34. The second kappa shape index (κ2) is 6.14. The first-order chi connectivity index (χ1) is 11.3. The minimum atomic E-state index is 0.106. The van der Waals surface area contributed by atoms with Gasteiger partial charge in [-0.1, -0.05) is 38.2 Å². The van der Waals surface area contributed by atoms with E-state index in [0.717, 1.165) is 0 Å². The Morgan fingerprint density at radius 1 is 1.04 bits per heavy atom. The van der Waals surface area contributed by atoms with E-state index < -0.39 is 0 Å². The van der Waals surface area contributed by atoms with Crippen LogP contribution in [0.4, 0.5) is 0 Å². The van der Waals surface area contributed by atoms with Gasteiger partial charge in [-0.3, -0.25) is 0 Å².